The topological polar surface area (TPSA) is 86.3 Å². The number of benzene rings is 1. The molecule has 1 aromatic heterocycles. The summed E-state index contributed by atoms with van der Waals surface area (Å²) in [7, 11) is 3.42. The second-order valence-corrected chi connectivity index (χ2v) is 6.30. The lowest BCUT2D eigenvalue weighted by atomic mass is 10.1. The van der Waals surface area contributed by atoms with Crippen LogP contribution in [0.3, 0.4) is 0 Å². The molecule has 0 saturated carbocycles. The first-order valence-electron chi connectivity index (χ1n) is 7.11. The van der Waals surface area contributed by atoms with E-state index >= 15 is 0 Å². The van der Waals surface area contributed by atoms with E-state index in [-0.39, 0.29) is 18.3 Å². The van der Waals surface area contributed by atoms with Crippen LogP contribution >= 0.6 is 11.8 Å². The van der Waals surface area contributed by atoms with Crippen LogP contribution in [0.1, 0.15) is 17.0 Å². The lowest BCUT2D eigenvalue weighted by Crippen LogP contribution is -2.24. The van der Waals surface area contributed by atoms with E-state index in [0.717, 1.165) is 16.9 Å². The molecule has 23 heavy (non-hydrogen) atoms. The van der Waals surface area contributed by atoms with Crippen molar-refractivity contribution in [1.82, 2.24) is 19.8 Å². The van der Waals surface area contributed by atoms with Crippen molar-refractivity contribution in [3.8, 4) is 5.75 Å². The van der Waals surface area contributed by atoms with E-state index in [1.54, 1.807) is 14.1 Å². The van der Waals surface area contributed by atoms with Crippen molar-refractivity contribution >= 4 is 17.7 Å². The highest BCUT2D eigenvalue weighted by molar-refractivity contribution is 7.99. The third-order valence-electron chi connectivity index (χ3n) is 3.31. The van der Waals surface area contributed by atoms with Crippen LogP contribution in [0.4, 0.5) is 0 Å². The molecule has 0 saturated heterocycles. The quantitative estimate of drug-likeness (QED) is 0.634. The molecule has 0 aliphatic heterocycles. The van der Waals surface area contributed by atoms with Crippen LogP contribution in [-0.2, 0) is 11.4 Å². The van der Waals surface area contributed by atoms with Gasteiger partial charge in [0.25, 0.3) is 0 Å². The summed E-state index contributed by atoms with van der Waals surface area (Å²) in [5.74, 6) is 7.56. The fraction of sp³-hybridized carbons (Fsp3) is 0.400. The number of para-hydroxylation sites is 1. The highest BCUT2D eigenvalue weighted by atomic mass is 32.2. The van der Waals surface area contributed by atoms with Gasteiger partial charge in [-0.1, -0.05) is 30.0 Å². The number of nitrogens with two attached hydrogens (primary N) is 1. The SMILES string of the molecule is Cc1cccc(C)c1OCc1nnc(SCC(=O)N(C)C)n1N. The minimum atomic E-state index is -0.00802. The molecule has 0 unspecified atom stereocenters. The first-order chi connectivity index (χ1) is 10.9. The number of thioether (sulfide) groups is 1. The van der Waals surface area contributed by atoms with Gasteiger partial charge in [0.1, 0.15) is 12.4 Å². The summed E-state index contributed by atoms with van der Waals surface area (Å²) < 4.78 is 7.19. The molecule has 2 aromatic rings. The van der Waals surface area contributed by atoms with Gasteiger partial charge >= 0.3 is 0 Å². The van der Waals surface area contributed by atoms with Crippen molar-refractivity contribution < 1.29 is 9.53 Å². The number of hydrogen-bond donors (Lipinski definition) is 1. The fourth-order valence-corrected chi connectivity index (χ4v) is 2.78. The van der Waals surface area contributed by atoms with Crippen molar-refractivity contribution in [2.75, 3.05) is 25.7 Å². The molecule has 7 nitrogen and oxygen atoms in total. The highest BCUT2D eigenvalue weighted by Crippen LogP contribution is 2.23. The van der Waals surface area contributed by atoms with Crippen LogP contribution in [-0.4, -0.2) is 45.5 Å². The van der Waals surface area contributed by atoms with E-state index in [9.17, 15) is 4.79 Å². The predicted molar refractivity (Wildman–Crippen MR) is 89.8 cm³/mol. The maximum Gasteiger partial charge on any atom is 0.232 e. The Morgan fingerprint density at radius 2 is 1.96 bits per heavy atom. The Morgan fingerprint density at radius 3 is 2.57 bits per heavy atom. The largest absolute Gasteiger partial charge is 0.485 e. The Morgan fingerprint density at radius 1 is 1.30 bits per heavy atom. The van der Waals surface area contributed by atoms with E-state index in [1.165, 1.54) is 21.3 Å². The number of amides is 1. The Labute approximate surface area is 139 Å². The van der Waals surface area contributed by atoms with Gasteiger partial charge in [0, 0.05) is 14.1 Å². The van der Waals surface area contributed by atoms with Gasteiger partial charge in [-0.15, -0.1) is 10.2 Å². The molecule has 1 aromatic carbocycles. The van der Waals surface area contributed by atoms with Crippen molar-refractivity contribution in [3.05, 3.63) is 35.2 Å². The maximum absolute atomic E-state index is 11.6. The number of nitrogens with zero attached hydrogens (tertiary/aromatic N) is 4. The lowest BCUT2D eigenvalue weighted by Gasteiger charge is -2.11. The molecule has 1 heterocycles. The fourth-order valence-electron chi connectivity index (χ4n) is 1.92. The average Bonchev–Trinajstić information content (AvgIpc) is 2.85. The summed E-state index contributed by atoms with van der Waals surface area (Å²) in [4.78, 5) is 13.1. The molecule has 0 aliphatic carbocycles. The van der Waals surface area contributed by atoms with Gasteiger partial charge in [-0.2, -0.15) is 0 Å². The van der Waals surface area contributed by atoms with Crippen LogP contribution in [0.2, 0.25) is 0 Å². The smallest absolute Gasteiger partial charge is 0.232 e. The van der Waals surface area contributed by atoms with Gasteiger partial charge in [-0.25, -0.2) is 4.68 Å². The standard InChI is InChI=1S/C15H21N5O2S/c1-10-6-5-7-11(2)14(10)22-8-12-17-18-15(20(12)16)23-9-13(21)19(3)4/h5-7H,8-9,16H2,1-4H3. The number of nitrogen functional groups attached to an aromatic ring is 1. The zero-order chi connectivity index (χ0) is 17.0. The number of carbonyl (C=O) groups is 1. The Hall–Kier alpha value is -2.22. The van der Waals surface area contributed by atoms with E-state index in [2.05, 4.69) is 10.2 Å². The van der Waals surface area contributed by atoms with E-state index in [1.807, 2.05) is 32.0 Å². The molecule has 0 fully saturated rings. The molecule has 2 rings (SSSR count). The van der Waals surface area contributed by atoms with Gasteiger partial charge in [0.2, 0.25) is 11.1 Å². The molecule has 0 spiro atoms. The third-order valence-corrected chi connectivity index (χ3v) is 4.24. The van der Waals surface area contributed by atoms with Crippen LogP contribution < -0.4 is 10.6 Å². The molecule has 8 heteroatoms. The Bertz CT molecular complexity index is 679. The van der Waals surface area contributed by atoms with Crippen LogP contribution in [0.5, 0.6) is 5.75 Å². The van der Waals surface area contributed by atoms with Crippen molar-refractivity contribution in [2.45, 2.75) is 25.6 Å². The van der Waals surface area contributed by atoms with Gasteiger partial charge in [-0.05, 0) is 25.0 Å². The number of ether oxygens (including phenoxy) is 1. The zero-order valence-electron chi connectivity index (χ0n) is 13.7. The second-order valence-electron chi connectivity index (χ2n) is 5.36. The van der Waals surface area contributed by atoms with Crippen LogP contribution in [0, 0.1) is 13.8 Å². The lowest BCUT2D eigenvalue weighted by molar-refractivity contribution is -0.125. The summed E-state index contributed by atoms with van der Waals surface area (Å²) in [5, 5.41) is 8.52. The molecule has 124 valence electrons. The molecule has 0 radical (unpaired) electrons. The summed E-state index contributed by atoms with van der Waals surface area (Å²) in [6, 6.07) is 5.97. The number of rotatable bonds is 6. The number of aromatic nitrogens is 3. The molecule has 2 N–H and O–H groups in total. The summed E-state index contributed by atoms with van der Waals surface area (Å²) in [6.45, 7) is 4.20. The van der Waals surface area contributed by atoms with Crippen LogP contribution in [0.15, 0.2) is 23.4 Å². The average molecular weight is 335 g/mol. The molecule has 1 amide bonds. The normalized spacial score (nSPS) is 10.6. The van der Waals surface area contributed by atoms with E-state index in [4.69, 9.17) is 10.6 Å². The minimum absolute atomic E-state index is 0.00802. The van der Waals surface area contributed by atoms with Gasteiger partial charge < -0.3 is 15.5 Å². The van der Waals surface area contributed by atoms with E-state index < -0.39 is 0 Å². The van der Waals surface area contributed by atoms with E-state index in [0.29, 0.717) is 11.0 Å². The number of aryl methyl sites for hydroxylation is 2. The monoisotopic (exact) mass is 335 g/mol. The summed E-state index contributed by atoms with van der Waals surface area (Å²) in [5.41, 5.74) is 2.11. The van der Waals surface area contributed by atoms with Gasteiger partial charge in [0.05, 0.1) is 5.75 Å². The second kappa shape index (κ2) is 7.36. The van der Waals surface area contributed by atoms with Gasteiger partial charge in [0.15, 0.2) is 5.82 Å². The summed E-state index contributed by atoms with van der Waals surface area (Å²) >= 11 is 1.25. The Kier molecular flexibility index (Phi) is 5.49. The first kappa shape index (κ1) is 17.1. The predicted octanol–water partition coefficient (Wildman–Crippen LogP) is 1.37. The highest BCUT2D eigenvalue weighted by Gasteiger charge is 2.14. The van der Waals surface area contributed by atoms with Crippen molar-refractivity contribution in [3.63, 3.8) is 0 Å². The molecular weight excluding hydrogens is 314 g/mol. The third kappa shape index (κ3) is 4.16. The number of carbonyl (C=O) groups excluding carboxylic acids is 1. The van der Waals surface area contributed by atoms with Crippen molar-refractivity contribution in [1.29, 1.82) is 0 Å². The van der Waals surface area contributed by atoms with Crippen molar-refractivity contribution in [2.24, 2.45) is 0 Å². The van der Waals surface area contributed by atoms with Crippen LogP contribution in [0.25, 0.3) is 0 Å². The minimum Gasteiger partial charge on any atom is -0.485 e. The Balaban J connectivity index is 2.01. The molecular formula is C15H21N5O2S. The number of hydrogen-bond acceptors (Lipinski definition) is 6. The summed E-state index contributed by atoms with van der Waals surface area (Å²) in [6.07, 6.45) is 0. The zero-order valence-corrected chi connectivity index (χ0v) is 14.6. The van der Waals surface area contributed by atoms with Gasteiger partial charge in [-0.3, -0.25) is 4.79 Å². The molecule has 0 aliphatic rings. The molecule has 0 bridgehead atoms. The first-order valence-corrected chi connectivity index (χ1v) is 8.10. The molecule has 0 atom stereocenters. The maximum atomic E-state index is 11.6.